The lowest BCUT2D eigenvalue weighted by molar-refractivity contribution is 0.102. The number of halogens is 2. The van der Waals surface area contributed by atoms with Gasteiger partial charge in [0.05, 0.1) is 5.56 Å². The fourth-order valence-electron chi connectivity index (χ4n) is 1.67. The van der Waals surface area contributed by atoms with Crippen molar-refractivity contribution in [2.75, 3.05) is 5.32 Å². The number of amides is 1. The van der Waals surface area contributed by atoms with Gasteiger partial charge in [-0.2, -0.15) is 0 Å². The summed E-state index contributed by atoms with van der Waals surface area (Å²) in [5.74, 6) is 0.162. The Balaban J connectivity index is 2.28. The van der Waals surface area contributed by atoms with E-state index in [1.807, 2.05) is 19.9 Å². The molecule has 2 rings (SSSR count). The maximum absolute atomic E-state index is 12.1. The zero-order valence-corrected chi connectivity index (χ0v) is 12.7. The summed E-state index contributed by atoms with van der Waals surface area (Å²) < 4.78 is 0.690. The molecule has 19 heavy (non-hydrogen) atoms. The molecule has 0 aliphatic heterocycles. The molecule has 0 aliphatic carbocycles. The van der Waals surface area contributed by atoms with E-state index >= 15 is 0 Å². The number of anilines is 1. The molecule has 0 fully saturated rings. The van der Waals surface area contributed by atoms with Gasteiger partial charge >= 0.3 is 0 Å². The largest absolute Gasteiger partial charge is 0.306 e. The molecule has 0 aromatic carbocycles. The number of rotatable bonds is 2. The van der Waals surface area contributed by atoms with Gasteiger partial charge in [0.1, 0.15) is 11.0 Å². The summed E-state index contributed by atoms with van der Waals surface area (Å²) in [6, 6.07) is 5.35. The molecule has 0 unspecified atom stereocenters. The van der Waals surface area contributed by atoms with Crippen LogP contribution in [0.2, 0.25) is 5.15 Å². The first kappa shape index (κ1) is 14.0. The first-order chi connectivity index (χ1) is 8.95. The third-order valence-corrected chi connectivity index (χ3v) is 3.12. The molecule has 6 heteroatoms. The first-order valence-electron chi connectivity index (χ1n) is 5.53. The van der Waals surface area contributed by atoms with Crippen molar-refractivity contribution in [1.29, 1.82) is 0 Å². The summed E-state index contributed by atoms with van der Waals surface area (Å²) in [5.41, 5.74) is 2.17. The van der Waals surface area contributed by atoms with Crippen LogP contribution in [0.15, 0.2) is 28.9 Å². The number of nitrogens with zero attached hydrogens (tertiary/aromatic N) is 2. The van der Waals surface area contributed by atoms with Crippen LogP contribution in [-0.2, 0) is 0 Å². The Kier molecular flexibility index (Phi) is 4.17. The number of carbonyl (C=O) groups is 1. The second-order valence-corrected chi connectivity index (χ2v) is 5.39. The maximum atomic E-state index is 12.1. The number of hydrogen-bond donors (Lipinski definition) is 1. The molecular formula is C13H11BrClN3O. The molecule has 0 bridgehead atoms. The molecule has 0 atom stereocenters. The minimum absolute atomic E-state index is 0.157. The molecule has 0 saturated carbocycles. The molecule has 2 aromatic heterocycles. The summed E-state index contributed by atoms with van der Waals surface area (Å²) in [5, 5.41) is 2.87. The number of pyridine rings is 2. The van der Waals surface area contributed by atoms with Crippen LogP contribution in [0.1, 0.15) is 21.6 Å². The van der Waals surface area contributed by atoms with Crippen LogP contribution >= 0.6 is 27.5 Å². The summed E-state index contributed by atoms with van der Waals surface area (Å²) in [6.07, 6.45) is 1.54. The monoisotopic (exact) mass is 339 g/mol. The molecule has 1 N–H and O–H groups in total. The molecular weight excluding hydrogens is 330 g/mol. The molecule has 2 heterocycles. The minimum Gasteiger partial charge on any atom is -0.306 e. The van der Waals surface area contributed by atoms with Crippen molar-refractivity contribution in [3.63, 3.8) is 0 Å². The maximum Gasteiger partial charge on any atom is 0.259 e. The smallest absolute Gasteiger partial charge is 0.259 e. The zero-order chi connectivity index (χ0) is 14.0. The van der Waals surface area contributed by atoms with E-state index in [0.717, 1.165) is 11.3 Å². The zero-order valence-electron chi connectivity index (χ0n) is 10.4. The first-order valence-corrected chi connectivity index (χ1v) is 6.70. The molecule has 0 spiro atoms. The van der Waals surface area contributed by atoms with Gasteiger partial charge in [-0.15, -0.1) is 0 Å². The SMILES string of the molecule is Cc1cc(C)nc(NC(=O)c2cc(Br)cnc2Cl)c1. The van der Waals surface area contributed by atoms with Crippen LogP contribution in [0.5, 0.6) is 0 Å². The average Bonchev–Trinajstić information content (AvgIpc) is 2.30. The Labute approximate surface area is 124 Å². The van der Waals surface area contributed by atoms with Gasteiger partial charge in [-0.1, -0.05) is 11.6 Å². The van der Waals surface area contributed by atoms with Gasteiger partial charge in [0.2, 0.25) is 0 Å². The second kappa shape index (κ2) is 5.67. The van der Waals surface area contributed by atoms with E-state index in [9.17, 15) is 4.79 Å². The van der Waals surface area contributed by atoms with Gasteiger partial charge in [0.25, 0.3) is 5.91 Å². The van der Waals surface area contributed by atoms with E-state index in [4.69, 9.17) is 11.6 Å². The Morgan fingerprint density at radius 1 is 1.32 bits per heavy atom. The summed E-state index contributed by atoms with van der Waals surface area (Å²) in [6.45, 7) is 3.81. The van der Waals surface area contributed by atoms with Crippen molar-refractivity contribution in [3.8, 4) is 0 Å². The quantitative estimate of drug-likeness (QED) is 0.847. The van der Waals surface area contributed by atoms with Crippen molar-refractivity contribution >= 4 is 39.3 Å². The molecule has 98 valence electrons. The molecule has 2 aromatic rings. The topological polar surface area (TPSA) is 54.9 Å². The molecule has 0 radical (unpaired) electrons. The normalized spacial score (nSPS) is 10.3. The third-order valence-electron chi connectivity index (χ3n) is 2.39. The molecule has 0 saturated heterocycles. The van der Waals surface area contributed by atoms with Gasteiger partial charge in [-0.05, 0) is 53.5 Å². The number of aryl methyl sites for hydroxylation is 2. The van der Waals surface area contributed by atoms with Gasteiger partial charge < -0.3 is 5.32 Å². The summed E-state index contributed by atoms with van der Waals surface area (Å²) in [7, 11) is 0. The van der Waals surface area contributed by atoms with Gasteiger partial charge in [0.15, 0.2) is 0 Å². The fraction of sp³-hybridized carbons (Fsp3) is 0.154. The third kappa shape index (κ3) is 3.52. The van der Waals surface area contributed by atoms with Crippen LogP contribution in [0.4, 0.5) is 5.82 Å². The van der Waals surface area contributed by atoms with Crippen LogP contribution < -0.4 is 5.32 Å². The van der Waals surface area contributed by atoms with E-state index < -0.39 is 0 Å². The number of hydrogen-bond acceptors (Lipinski definition) is 3. The average molecular weight is 341 g/mol. The van der Waals surface area contributed by atoms with E-state index in [0.29, 0.717) is 15.9 Å². The lowest BCUT2D eigenvalue weighted by Crippen LogP contribution is -2.14. The van der Waals surface area contributed by atoms with Crippen molar-refractivity contribution < 1.29 is 4.79 Å². The number of carbonyl (C=O) groups excluding carboxylic acids is 1. The fourth-order valence-corrected chi connectivity index (χ4v) is 2.19. The van der Waals surface area contributed by atoms with Crippen molar-refractivity contribution in [2.24, 2.45) is 0 Å². The molecule has 0 aliphatic rings. The Bertz CT molecular complexity index is 626. The van der Waals surface area contributed by atoms with E-state index in [-0.39, 0.29) is 11.1 Å². The molecule has 4 nitrogen and oxygen atoms in total. The van der Waals surface area contributed by atoms with Crippen LogP contribution in [-0.4, -0.2) is 15.9 Å². The minimum atomic E-state index is -0.337. The summed E-state index contributed by atoms with van der Waals surface area (Å²) >= 11 is 9.16. The number of nitrogens with one attached hydrogen (secondary N) is 1. The highest BCUT2D eigenvalue weighted by Gasteiger charge is 2.13. The van der Waals surface area contributed by atoms with Crippen LogP contribution in [0, 0.1) is 13.8 Å². The predicted octanol–water partition coefficient (Wildman–Crippen LogP) is 3.76. The van der Waals surface area contributed by atoms with Crippen molar-refractivity contribution in [3.05, 3.63) is 50.8 Å². The lowest BCUT2D eigenvalue weighted by atomic mass is 10.2. The highest BCUT2D eigenvalue weighted by molar-refractivity contribution is 9.10. The highest BCUT2D eigenvalue weighted by Crippen LogP contribution is 2.19. The predicted molar refractivity (Wildman–Crippen MR) is 78.6 cm³/mol. The van der Waals surface area contributed by atoms with E-state index in [2.05, 4.69) is 31.2 Å². The Morgan fingerprint density at radius 3 is 2.74 bits per heavy atom. The molecule has 1 amide bonds. The number of aromatic nitrogens is 2. The Morgan fingerprint density at radius 2 is 2.05 bits per heavy atom. The van der Waals surface area contributed by atoms with Crippen LogP contribution in [0.25, 0.3) is 0 Å². The Hall–Kier alpha value is -1.46. The summed E-state index contributed by atoms with van der Waals surface area (Å²) in [4.78, 5) is 20.3. The van der Waals surface area contributed by atoms with Gasteiger partial charge in [0, 0.05) is 16.4 Å². The second-order valence-electron chi connectivity index (χ2n) is 4.12. The van der Waals surface area contributed by atoms with Crippen LogP contribution in [0.3, 0.4) is 0 Å². The van der Waals surface area contributed by atoms with E-state index in [1.54, 1.807) is 12.1 Å². The lowest BCUT2D eigenvalue weighted by Gasteiger charge is -2.07. The van der Waals surface area contributed by atoms with Gasteiger partial charge in [-0.25, -0.2) is 9.97 Å². The standard InChI is InChI=1S/C13H11BrClN3O/c1-7-3-8(2)17-11(4-7)18-13(19)10-5-9(14)6-16-12(10)15/h3-6H,1-2H3,(H,17,18,19). The van der Waals surface area contributed by atoms with Gasteiger partial charge in [-0.3, -0.25) is 4.79 Å². The highest BCUT2D eigenvalue weighted by atomic mass is 79.9. The van der Waals surface area contributed by atoms with E-state index in [1.165, 1.54) is 6.20 Å². The van der Waals surface area contributed by atoms with Crippen molar-refractivity contribution in [1.82, 2.24) is 9.97 Å². The van der Waals surface area contributed by atoms with Crippen molar-refractivity contribution in [2.45, 2.75) is 13.8 Å².